The molecule has 144 valence electrons. The highest BCUT2D eigenvalue weighted by Crippen LogP contribution is 2.43. The van der Waals surface area contributed by atoms with Gasteiger partial charge < -0.3 is 0 Å². The van der Waals surface area contributed by atoms with Crippen LogP contribution < -0.4 is 4.90 Å². The molecule has 0 bridgehead atoms. The van der Waals surface area contributed by atoms with Gasteiger partial charge in [0.25, 0.3) is 11.8 Å². The third-order valence-corrected chi connectivity index (χ3v) is 5.93. The molecule has 3 aromatic carbocycles. The molecule has 29 heavy (non-hydrogen) atoms. The zero-order valence-corrected chi connectivity index (χ0v) is 17.1. The molecular weight excluding hydrogens is 432 g/mol. The maximum Gasteiger partial charge on any atom is 0.272 e. The molecule has 3 nitrogen and oxygen atoms in total. The van der Waals surface area contributed by atoms with Crippen LogP contribution in [0.3, 0.4) is 0 Å². The number of carbonyl (C=O) groups is 2. The number of hydrogen-bond acceptors (Lipinski definition) is 3. The van der Waals surface area contributed by atoms with E-state index in [1.54, 1.807) is 6.07 Å². The highest BCUT2D eigenvalue weighted by molar-refractivity contribution is 8.04. The Morgan fingerprint density at radius 3 is 2.21 bits per heavy atom. The molecule has 1 heterocycles. The van der Waals surface area contributed by atoms with Crippen LogP contribution in [0.25, 0.3) is 5.57 Å². The number of benzene rings is 3. The number of carbonyl (C=O) groups excluding carboxylic acids is 2. The average molecular weight is 444 g/mol. The summed E-state index contributed by atoms with van der Waals surface area (Å²) in [6.07, 6.45) is 0. The average Bonchev–Trinajstić information content (AvgIpc) is 2.95. The van der Waals surface area contributed by atoms with Crippen LogP contribution in [-0.4, -0.2) is 11.8 Å². The highest BCUT2D eigenvalue weighted by atomic mass is 35.5. The van der Waals surface area contributed by atoms with Crippen LogP contribution in [-0.2, 0) is 9.59 Å². The maximum atomic E-state index is 13.4. The number of hydrogen-bond donors (Lipinski definition) is 0. The van der Waals surface area contributed by atoms with E-state index in [1.165, 1.54) is 48.2 Å². The van der Waals surface area contributed by atoms with E-state index in [9.17, 15) is 14.0 Å². The molecule has 0 saturated carbocycles. The summed E-state index contributed by atoms with van der Waals surface area (Å²) in [6.45, 7) is 0. The smallest absolute Gasteiger partial charge is 0.268 e. The molecular formula is C22H12Cl2FNO2S. The lowest BCUT2D eigenvalue weighted by atomic mass is 10.1. The lowest BCUT2D eigenvalue weighted by Gasteiger charge is -2.17. The number of rotatable bonds is 4. The van der Waals surface area contributed by atoms with E-state index in [0.717, 1.165) is 9.80 Å². The molecule has 4 rings (SSSR count). The first-order valence-corrected chi connectivity index (χ1v) is 10.1. The highest BCUT2D eigenvalue weighted by Gasteiger charge is 2.41. The summed E-state index contributed by atoms with van der Waals surface area (Å²) < 4.78 is 13.4. The van der Waals surface area contributed by atoms with Crippen LogP contribution in [0.4, 0.5) is 10.1 Å². The third kappa shape index (κ3) is 3.81. The molecule has 0 spiro atoms. The summed E-state index contributed by atoms with van der Waals surface area (Å²) in [6, 6.07) is 19.2. The van der Waals surface area contributed by atoms with Crippen molar-refractivity contribution < 1.29 is 14.0 Å². The molecule has 0 aliphatic carbocycles. The van der Waals surface area contributed by atoms with Crippen molar-refractivity contribution in [1.82, 2.24) is 0 Å². The zero-order valence-electron chi connectivity index (χ0n) is 14.7. The molecule has 1 aliphatic rings. The van der Waals surface area contributed by atoms with Gasteiger partial charge in [0.15, 0.2) is 0 Å². The molecule has 0 fully saturated rings. The Balaban J connectivity index is 1.85. The predicted molar refractivity (Wildman–Crippen MR) is 115 cm³/mol. The van der Waals surface area contributed by atoms with Crippen molar-refractivity contribution in [3.05, 3.63) is 99.1 Å². The van der Waals surface area contributed by atoms with Gasteiger partial charge >= 0.3 is 0 Å². The van der Waals surface area contributed by atoms with Crippen molar-refractivity contribution in [2.24, 2.45) is 0 Å². The topological polar surface area (TPSA) is 37.4 Å². The van der Waals surface area contributed by atoms with Gasteiger partial charge in [0.1, 0.15) is 5.82 Å². The van der Waals surface area contributed by atoms with Crippen molar-refractivity contribution in [3.63, 3.8) is 0 Å². The minimum atomic E-state index is -0.538. The molecule has 0 atom stereocenters. The summed E-state index contributed by atoms with van der Waals surface area (Å²) in [5.74, 6) is -1.48. The second-order valence-electron chi connectivity index (χ2n) is 6.17. The van der Waals surface area contributed by atoms with Gasteiger partial charge in [0.2, 0.25) is 0 Å². The van der Waals surface area contributed by atoms with E-state index < -0.39 is 17.6 Å². The number of thioether (sulfide) groups is 1. The third-order valence-electron chi connectivity index (χ3n) is 4.29. The monoisotopic (exact) mass is 443 g/mol. The second-order valence-corrected chi connectivity index (χ2v) is 8.09. The number of imide groups is 1. The Morgan fingerprint density at radius 1 is 0.828 bits per heavy atom. The minimum absolute atomic E-state index is 0.194. The van der Waals surface area contributed by atoms with Crippen LogP contribution in [0.1, 0.15) is 5.56 Å². The standard InChI is InChI=1S/C22H12Cl2FNO2S/c23-14-8-11-17(24)18(12-14)26-21(27)19(13-6-9-15(25)10-7-13)20(22(26)28)29-16-4-2-1-3-5-16/h1-12H. The van der Waals surface area contributed by atoms with Gasteiger partial charge in [0.05, 0.1) is 21.2 Å². The van der Waals surface area contributed by atoms with Crippen LogP contribution in [0.5, 0.6) is 0 Å². The fraction of sp³-hybridized carbons (Fsp3) is 0. The van der Waals surface area contributed by atoms with Gasteiger partial charge in [0, 0.05) is 9.92 Å². The van der Waals surface area contributed by atoms with E-state index in [2.05, 4.69) is 0 Å². The summed E-state index contributed by atoms with van der Waals surface area (Å²) in [5, 5.41) is 0.568. The molecule has 7 heteroatoms. The summed E-state index contributed by atoms with van der Waals surface area (Å²) in [7, 11) is 0. The lowest BCUT2D eigenvalue weighted by molar-refractivity contribution is -0.119. The first-order valence-electron chi connectivity index (χ1n) is 8.52. The molecule has 3 aromatic rings. The van der Waals surface area contributed by atoms with Crippen LogP contribution in [0.15, 0.2) is 82.6 Å². The van der Waals surface area contributed by atoms with E-state index in [-0.39, 0.29) is 21.2 Å². The molecule has 0 saturated heterocycles. The van der Waals surface area contributed by atoms with Gasteiger partial charge in [-0.15, -0.1) is 0 Å². The maximum absolute atomic E-state index is 13.4. The normalized spacial score (nSPS) is 14.1. The predicted octanol–water partition coefficient (Wildman–Crippen LogP) is 6.21. The number of halogens is 3. The second kappa shape index (κ2) is 8.03. The molecule has 0 radical (unpaired) electrons. The summed E-state index contributed by atoms with van der Waals surface area (Å²) in [5.41, 5.74) is 0.848. The zero-order chi connectivity index (χ0) is 20.5. The Morgan fingerprint density at radius 2 is 1.52 bits per heavy atom. The van der Waals surface area contributed by atoms with Crippen molar-refractivity contribution in [2.45, 2.75) is 4.90 Å². The summed E-state index contributed by atoms with van der Waals surface area (Å²) in [4.78, 5) is 28.6. The quantitative estimate of drug-likeness (QED) is 0.449. The minimum Gasteiger partial charge on any atom is -0.268 e. The van der Waals surface area contributed by atoms with Crippen molar-refractivity contribution in [3.8, 4) is 0 Å². The van der Waals surface area contributed by atoms with Gasteiger partial charge in [-0.1, -0.05) is 65.3 Å². The first kappa shape index (κ1) is 19.7. The van der Waals surface area contributed by atoms with Crippen LogP contribution >= 0.6 is 35.0 Å². The Bertz CT molecular complexity index is 1150. The van der Waals surface area contributed by atoms with Gasteiger partial charge in [-0.05, 0) is 48.0 Å². The van der Waals surface area contributed by atoms with Crippen molar-refractivity contribution in [1.29, 1.82) is 0 Å². The molecule has 0 aromatic heterocycles. The largest absolute Gasteiger partial charge is 0.272 e. The number of nitrogens with zero attached hydrogens (tertiary/aromatic N) is 1. The van der Waals surface area contributed by atoms with E-state index >= 15 is 0 Å². The van der Waals surface area contributed by atoms with Crippen LogP contribution in [0, 0.1) is 5.82 Å². The van der Waals surface area contributed by atoms with Crippen molar-refractivity contribution in [2.75, 3.05) is 4.90 Å². The van der Waals surface area contributed by atoms with E-state index in [4.69, 9.17) is 23.2 Å². The first-order chi connectivity index (χ1) is 14.0. The van der Waals surface area contributed by atoms with Gasteiger partial charge in [-0.25, -0.2) is 9.29 Å². The summed E-state index contributed by atoms with van der Waals surface area (Å²) >= 11 is 13.5. The Kier molecular flexibility index (Phi) is 5.46. The van der Waals surface area contributed by atoms with E-state index in [0.29, 0.717) is 10.6 Å². The fourth-order valence-electron chi connectivity index (χ4n) is 2.96. The number of anilines is 1. The molecule has 0 unspecified atom stereocenters. The Labute approximate surface area is 180 Å². The fourth-order valence-corrected chi connectivity index (χ4v) is 4.34. The van der Waals surface area contributed by atoms with Crippen LogP contribution in [0.2, 0.25) is 10.0 Å². The molecule has 2 amide bonds. The van der Waals surface area contributed by atoms with Gasteiger partial charge in [-0.3, -0.25) is 9.59 Å². The van der Waals surface area contributed by atoms with Gasteiger partial charge in [-0.2, -0.15) is 0 Å². The van der Waals surface area contributed by atoms with Crippen molar-refractivity contribution >= 4 is 58.0 Å². The SMILES string of the molecule is O=C1C(Sc2ccccc2)=C(c2ccc(F)cc2)C(=O)N1c1cc(Cl)ccc1Cl. The molecule has 0 N–H and O–H groups in total. The van der Waals surface area contributed by atoms with E-state index in [1.807, 2.05) is 30.3 Å². The Hall–Kier alpha value is -2.60. The number of amides is 2. The lowest BCUT2D eigenvalue weighted by Crippen LogP contribution is -2.31. The molecule has 1 aliphatic heterocycles.